The maximum atomic E-state index is 12.7. The Balaban J connectivity index is 1.10. The molecule has 9 heteroatoms. The van der Waals surface area contributed by atoms with E-state index in [1.54, 1.807) is 27.4 Å². The van der Waals surface area contributed by atoms with Crippen LogP contribution in [-0.2, 0) is 11.3 Å². The SMILES string of the molecule is O=C(Nc1cc(NCc2cn3c(=O)n(C4CC4)ccc3n2)ccn1)C1CC1c1cccc(Cl)c1. The van der Waals surface area contributed by atoms with Gasteiger partial charge in [0.1, 0.15) is 11.5 Å². The molecule has 4 aromatic rings. The number of anilines is 2. The molecule has 0 spiro atoms. The summed E-state index contributed by atoms with van der Waals surface area (Å²) in [5.41, 5.74) is 3.24. The molecule has 1 amide bonds. The summed E-state index contributed by atoms with van der Waals surface area (Å²) in [6.07, 6.45) is 8.16. The van der Waals surface area contributed by atoms with Gasteiger partial charge in [-0.2, -0.15) is 0 Å². The molecular formula is C25H23ClN6O2. The molecule has 0 aliphatic heterocycles. The van der Waals surface area contributed by atoms with Crippen molar-refractivity contribution in [2.24, 2.45) is 5.92 Å². The predicted molar refractivity (Wildman–Crippen MR) is 130 cm³/mol. The Morgan fingerprint density at radius 3 is 2.88 bits per heavy atom. The van der Waals surface area contributed by atoms with Crippen molar-refractivity contribution in [1.82, 2.24) is 18.9 Å². The Labute approximate surface area is 200 Å². The van der Waals surface area contributed by atoms with Gasteiger partial charge in [-0.05, 0) is 55.0 Å². The quantitative estimate of drug-likeness (QED) is 0.418. The van der Waals surface area contributed by atoms with Crippen LogP contribution in [-0.4, -0.2) is 24.8 Å². The molecule has 2 unspecified atom stereocenters. The number of hydrogen-bond acceptors (Lipinski definition) is 5. The fourth-order valence-electron chi connectivity index (χ4n) is 4.38. The number of aromatic nitrogens is 4. The van der Waals surface area contributed by atoms with Gasteiger partial charge in [-0.1, -0.05) is 23.7 Å². The van der Waals surface area contributed by atoms with Crippen LogP contribution in [0.15, 0.2) is 65.8 Å². The highest BCUT2D eigenvalue weighted by Crippen LogP contribution is 2.48. The van der Waals surface area contributed by atoms with Crippen LogP contribution in [0.2, 0.25) is 5.02 Å². The van der Waals surface area contributed by atoms with Crippen LogP contribution >= 0.6 is 11.6 Å². The van der Waals surface area contributed by atoms with Gasteiger partial charge >= 0.3 is 5.69 Å². The van der Waals surface area contributed by atoms with Gasteiger partial charge in [0.2, 0.25) is 5.91 Å². The summed E-state index contributed by atoms with van der Waals surface area (Å²) in [5.74, 6) is 0.574. The smallest absolute Gasteiger partial charge is 0.334 e. The van der Waals surface area contributed by atoms with E-state index in [1.165, 1.54) is 0 Å². The Kier molecular flexibility index (Phi) is 5.10. The molecule has 3 aromatic heterocycles. The van der Waals surface area contributed by atoms with Crippen molar-refractivity contribution >= 4 is 34.7 Å². The van der Waals surface area contributed by atoms with Crippen molar-refractivity contribution < 1.29 is 4.79 Å². The number of carbonyl (C=O) groups excluding carboxylic acids is 1. The standard InChI is InChI=1S/C25H23ClN6O2/c26-16-3-1-2-15(10-16)20-12-21(20)24(33)30-22-11-17(6-8-27-22)28-13-18-14-32-23(29-18)7-9-31(25(32)34)19-4-5-19/h1-3,6-11,14,19-21H,4-5,12-13H2,(H2,27,28,30,33). The Morgan fingerprint density at radius 2 is 2.06 bits per heavy atom. The van der Waals surface area contributed by atoms with Gasteiger partial charge in [0.05, 0.1) is 12.2 Å². The number of nitrogens with one attached hydrogen (secondary N) is 2. The molecule has 2 aliphatic carbocycles. The number of rotatable bonds is 7. The zero-order valence-electron chi connectivity index (χ0n) is 18.3. The second-order valence-electron chi connectivity index (χ2n) is 8.97. The molecule has 1 aromatic carbocycles. The molecule has 2 N–H and O–H groups in total. The van der Waals surface area contributed by atoms with Gasteiger partial charge in [0.15, 0.2) is 0 Å². The summed E-state index contributed by atoms with van der Waals surface area (Å²) in [6.45, 7) is 0.446. The van der Waals surface area contributed by atoms with Crippen molar-refractivity contribution in [1.29, 1.82) is 0 Å². The number of imidazole rings is 1. The van der Waals surface area contributed by atoms with Crippen LogP contribution in [0.1, 0.15) is 42.5 Å². The molecule has 0 saturated heterocycles. The number of carbonyl (C=O) groups is 1. The Hall–Kier alpha value is -3.65. The highest BCUT2D eigenvalue weighted by atomic mass is 35.5. The highest BCUT2D eigenvalue weighted by Gasteiger charge is 2.44. The zero-order chi connectivity index (χ0) is 23.2. The lowest BCUT2D eigenvalue weighted by molar-refractivity contribution is -0.117. The second-order valence-corrected chi connectivity index (χ2v) is 9.41. The van der Waals surface area contributed by atoms with E-state index >= 15 is 0 Å². The molecule has 2 atom stereocenters. The fourth-order valence-corrected chi connectivity index (χ4v) is 4.58. The maximum Gasteiger partial charge on any atom is 0.334 e. The van der Waals surface area contributed by atoms with E-state index in [2.05, 4.69) is 20.6 Å². The number of amides is 1. The van der Waals surface area contributed by atoms with E-state index < -0.39 is 0 Å². The molecule has 34 heavy (non-hydrogen) atoms. The Bertz CT molecular complexity index is 1460. The summed E-state index contributed by atoms with van der Waals surface area (Å²) in [7, 11) is 0. The van der Waals surface area contributed by atoms with Gasteiger partial charge < -0.3 is 10.6 Å². The average Bonchev–Trinajstić information content (AvgIpc) is 3.75. The minimum Gasteiger partial charge on any atom is -0.379 e. The summed E-state index contributed by atoms with van der Waals surface area (Å²) in [6, 6.07) is 13.5. The number of hydrogen-bond donors (Lipinski definition) is 2. The molecule has 6 rings (SSSR count). The average molecular weight is 475 g/mol. The molecule has 3 heterocycles. The molecule has 0 radical (unpaired) electrons. The molecule has 8 nitrogen and oxygen atoms in total. The largest absolute Gasteiger partial charge is 0.379 e. The minimum absolute atomic E-state index is 0.0399. The normalized spacial score (nSPS) is 19.2. The first-order valence-corrected chi connectivity index (χ1v) is 11.8. The van der Waals surface area contributed by atoms with Gasteiger partial charge in [-0.25, -0.2) is 14.8 Å². The minimum atomic E-state index is -0.0745. The molecule has 2 fully saturated rings. The van der Waals surface area contributed by atoms with E-state index in [0.717, 1.165) is 36.2 Å². The van der Waals surface area contributed by atoms with Crippen molar-refractivity contribution in [3.63, 3.8) is 0 Å². The van der Waals surface area contributed by atoms with Crippen LogP contribution in [0.4, 0.5) is 11.5 Å². The van der Waals surface area contributed by atoms with Gasteiger partial charge in [-0.15, -0.1) is 0 Å². The third-order valence-electron chi connectivity index (χ3n) is 6.42. The fraction of sp³-hybridized carbons (Fsp3) is 0.280. The number of nitrogens with zero attached hydrogens (tertiary/aromatic N) is 4. The van der Waals surface area contributed by atoms with E-state index in [-0.39, 0.29) is 23.4 Å². The lowest BCUT2D eigenvalue weighted by Gasteiger charge is -2.08. The predicted octanol–water partition coefficient (Wildman–Crippen LogP) is 4.23. The van der Waals surface area contributed by atoms with Crippen LogP contribution < -0.4 is 16.3 Å². The van der Waals surface area contributed by atoms with E-state index in [4.69, 9.17) is 11.6 Å². The van der Waals surface area contributed by atoms with Crippen LogP contribution in [0, 0.1) is 5.92 Å². The zero-order valence-corrected chi connectivity index (χ0v) is 19.1. The van der Waals surface area contributed by atoms with Crippen molar-refractivity contribution in [2.75, 3.05) is 10.6 Å². The summed E-state index contributed by atoms with van der Waals surface area (Å²) in [4.78, 5) is 34.2. The van der Waals surface area contributed by atoms with Crippen molar-refractivity contribution in [3.05, 3.63) is 87.8 Å². The summed E-state index contributed by atoms with van der Waals surface area (Å²) < 4.78 is 3.38. The monoisotopic (exact) mass is 474 g/mol. The van der Waals surface area contributed by atoms with E-state index in [9.17, 15) is 9.59 Å². The van der Waals surface area contributed by atoms with Gasteiger partial charge in [0.25, 0.3) is 0 Å². The first-order valence-electron chi connectivity index (χ1n) is 11.4. The van der Waals surface area contributed by atoms with Crippen LogP contribution in [0.3, 0.4) is 0 Å². The van der Waals surface area contributed by atoms with Gasteiger partial charge in [0, 0.05) is 47.3 Å². The molecule has 2 aliphatic rings. The molecule has 2 saturated carbocycles. The van der Waals surface area contributed by atoms with Crippen molar-refractivity contribution in [3.8, 4) is 0 Å². The number of fused-ring (bicyclic) bond motifs is 1. The maximum absolute atomic E-state index is 12.7. The lowest BCUT2D eigenvalue weighted by Crippen LogP contribution is -2.24. The van der Waals surface area contributed by atoms with Crippen molar-refractivity contribution in [2.45, 2.75) is 37.8 Å². The summed E-state index contributed by atoms with van der Waals surface area (Å²) >= 11 is 6.08. The molecule has 172 valence electrons. The second kappa shape index (κ2) is 8.29. The van der Waals surface area contributed by atoms with E-state index in [1.807, 2.05) is 42.6 Å². The van der Waals surface area contributed by atoms with E-state index in [0.29, 0.717) is 29.1 Å². The third-order valence-corrected chi connectivity index (χ3v) is 6.66. The topological polar surface area (TPSA) is 93.3 Å². The highest BCUT2D eigenvalue weighted by molar-refractivity contribution is 6.30. The lowest BCUT2D eigenvalue weighted by atomic mass is 10.1. The molecular weight excluding hydrogens is 452 g/mol. The number of pyridine rings is 1. The molecule has 0 bridgehead atoms. The number of halogens is 1. The number of benzene rings is 1. The van der Waals surface area contributed by atoms with Gasteiger partial charge in [-0.3, -0.25) is 13.8 Å². The van der Waals surface area contributed by atoms with Crippen LogP contribution in [0.5, 0.6) is 0 Å². The first kappa shape index (κ1) is 20.9. The Morgan fingerprint density at radius 1 is 1.18 bits per heavy atom. The summed E-state index contributed by atoms with van der Waals surface area (Å²) in [5, 5.41) is 6.90. The first-order chi connectivity index (χ1) is 16.5. The third kappa shape index (κ3) is 4.17. The van der Waals surface area contributed by atoms with Crippen LogP contribution in [0.25, 0.3) is 5.65 Å².